The van der Waals surface area contributed by atoms with Crippen molar-refractivity contribution in [3.63, 3.8) is 0 Å². The molecule has 0 bridgehead atoms. The summed E-state index contributed by atoms with van der Waals surface area (Å²) < 4.78 is 37.4. The van der Waals surface area contributed by atoms with Gasteiger partial charge in [0.15, 0.2) is 11.8 Å². The summed E-state index contributed by atoms with van der Waals surface area (Å²) in [7, 11) is 1.39. The van der Waals surface area contributed by atoms with Crippen molar-refractivity contribution in [3.8, 4) is 11.5 Å². The highest BCUT2D eigenvalue weighted by atomic mass is 16.6. The first-order valence-corrected chi connectivity index (χ1v) is 29.5. The number of rotatable bonds is 29. The monoisotopic (exact) mass is 1290 g/mol. The Morgan fingerprint density at radius 3 is 1.65 bits per heavy atom. The van der Waals surface area contributed by atoms with Gasteiger partial charge in [0, 0.05) is 69.7 Å². The van der Waals surface area contributed by atoms with Crippen molar-refractivity contribution in [2.45, 2.75) is 138 Å². The van der Waals surface area contributed by atoms with E-state index in [1.54, 1.807) is 83.6 Å². The number of benzene rings is 2. The molecule has 10 amide bonds. The van der Waals surface area contributed by atoms with Crippen molar-refractivity contribution in [3.05, 3.63) is 94.4 Å². The Morgan fingerprint density at radius 1 is 0.656 bits per heavy atom. The molecule has 7 rings (SSSR count). The van der Waals surface area contributed by atoms with E-state index in [0.29, 0.717) is 34.6 Å². The van der Waals surface area contributed by atoms with Crippen molar-refractivity contribution < 1.29 is 80.5 Å². The van der Waals surface area contributed by atoms with E-state index in [1.807, 2.05) is 6.92 Å². The minimum absolute atomic E-state index is 0.000480. The van der Waals surface area contributed by atoms with Gasteiger partial charge < -0.3 is 69.7 Å². The lowest BCUT2D eigenvalue weighted by atomic mass is 10.1. The molecule has 2 aromatic carbocycles. The number of amides is 10. The number of imidazole rings is 2. The van der Waals surface area contributed by atoms with E-state index in [0.717, 1.165) is 12.2 Å². The number of aryl methyl sites for hydroxylation is 4. The number of hydrogen-bond acceptors (Lipinski definition) is 21. The number of imide groups is 1. The quantitative estimate of drug-likeness (QED) is 0.0144. The molecule has 32 heteroatoms. The van der Waals surface area contributed by atoms with Crippen LogP contribution in [-0.2, 0) is 64.2 Å². The molecular formula is C61H75N15O17. The van der Waals surface area contributed by atoms with Crippen LogP contribution in [0.1, 0.15) is 140 Å². The maximum Gasteiger partial charge on any atom is 0.408 e. The number of methoxy groups -OCH3 is 1. The molecule has 6 aromatic rings. The van der Waals surface area contributed by atoms with Crippen LogP contribution in [-0.4, -0.2) is 156 Å². The molecule has 2 atom stereocenters. The third-order valence-corrected chi connectivity index (χ3v) is 13.6. The van der Waals surface area contributed by atoms with E-state index in [9.17, 15) is 52.7 Å². The van der Waals surface area contributed by atoms with E-state index < -0.39 is 102 Å². The number of nitrogens with two attached hydrogens (primary N) is 2. The third kappa shape index (κ3) is 18.1. The van der Waals surface area contributed by atoms with Crippen LogP contribution in [0.3, 0.4) is 0 Å². The van der Waals surface area contributed by atoms with Gasteiger partial charge in [-0.15, -0.1) is 0 Å². The summed E-state index contributed by atoms with van der Waals surface area (Å²) in [5.74, 6) is -7.10. The van der Waals surface area contributed by atoms with Crippen LogP contribution >= 0.6 is 0 Å². The second kappa shape index (κ2) is 29.8. The first kappa shape index (κ1) is 69.5. The van der Waals surface area contributed by atoms with Crippen LogP contribution in [0.4, 0.5) is 16.7 Å². The summed E-state index contributed by atoms with van der Waals surface area (Å²) in [6.07, 6.45) is 4.45. The van der Waals surface area contributed by atoms with Crippen LogP contribution in [0, 0.1) is 13.8 Å². The van der Waals surface area contributed by atoms with Crippen LogP contribution < -0.4 is 52.8 Å². The number of nitrogens with one attached hydrogen (secondary N) is 6. The van der Waals surface area contributed by atoms with Gasteiger partial charge in [0.1, 0.15) is 52.4 Å². The lowest BCUT2D eigenvalue weighted by Gasteiger charge is -2.26. The predicted octanol–water partition coefficient (Wildman–Crippen LogP) is 3.50. The van der Waals surface area contributed by atoms with Crippen molar-refractivity contribution >= 4 is 99.2 Å². The minimum atomic E-state index is -1.61. The highest BCUT2D eigenvalue weighted by molar-refractivity contribution is 6.14. The van der Waals surface area contributed by atoms with Crippen LogP contribution in [0.15, 0.2) is 57.4 Å². The molecule has 0 saturated carbocycles. The Kier molecular flexibility index (Phi) is 22.3. The van der Waals surface area contributed by atoms with E-state index in [4.69, 9.17) is 44.2 Å². The number of aromatic nitrogens is 6. The van der Waals surface area contributed by atoms with Gasteiger partial charge in [0.05, 0.1) is 36.1 Å². The largest absolute Gasteiger partial charge is 0.494 e. The Labute approximate surface area is 532 Å². The molecule has 496 valence electrons. The summed E-state index contributed by atoms with van der Waals surface area (Å²) in [4.78, 5) is 163. The number of esters is 1. The molecule has 0 unspecified atom stereocenters. The molecule has 0 radical (unpaired) electrons. The van der Waals surface area contributed by atoms with Gasteiger partial charge >= 0.3 is 12.1 Å². The molecule has 1 aliphatic rings. The fourth-order valence-corrected chi connectivity index (χ4v) is 9.45. The number of alkyl carbamates (subject to hydrolysis) is 1. The SMILES string of the molecule is CCc1nc(C)oc1C(=O)Nc1nc2cc(C(N)=O)cc(OC)c2n1C/C=C/Cn1c(NC(=O)c2oc(C)nc2CC)nc2cc(C(N)=O)cc(OCCCNC(=O)[C@@H](CCC(=O)OC(C)(C)C)NC(=O)[C@@H](CNC(=O)CN3C(=O)C=CC3=O)NC(=O)OC(C)(C)C)c21. The second-order valence-electron chi connectivity index (χ2n) is 23.1. The minimum Gasteiger partial charge on any atom is -0.494 e. The zero-order chi connectivity index (χ0) is 68.2. The number of oxazole rings is 2. The van der Waals surface area contributed by atoms with Crippen LogP contribution in [0.5, 0.6) is 11.5 Å². The normalized spacial score (nSPS) is 13.0. The molecule has 0 fully saturated rings. The highest BCUT2D eigenvalue weighted by Crippen LogP contribution is 2.34. The summed E-state index contributed by atoms with van der Waals surface area (Å²) in [5.41, 5.74) is 11.4. The molecule has 10 N–H and O–H groups in total. The van der Waals surface area contributed by atoms with Crippen molar-refractivity contribution in [1.29, 1.82) is 0 Å². The summed E-state index contributed by atoms with van der Waals surface area (Å²) in [5, 5.41) is 15.6. The molecule has 93 heavy (non-hydrogen) atoms. The maximum absolute atomic E-state index is 14.1. The van der Waals surface area contributed by atoms with Gasteiger partial charge in [0.25, 0.3) is 23.6 Å². The van der Waals surface area contributed by atoms with Gasteiger partial charge in [-0.1, -0.05) is 26.0 Å². The Bertz CT molecular complexity index is 3950. The molecule has 0 aliphatic carbocycles. The maximum atomic E-state index is 14.1. The van der Waals surface area contributed by atoms with Crippen LogP contribution in [0.2, 0.25) is 0 Å². The lowest BCUT2D eigenvalue weighted by molar-refractivity contribution is -0.155. The highest BCUT2D eigenvalue weighted by Gasteiger charge is 2.33. The predicted molar refractivity (Wildman–Crippen MR) is 331 cm³/mol. The Balaban J connectivity index is 1.15. The number of primary amides is 2. The Hall–Kier alpha value is -11.0. The van der Waals surface area contributed by atoms with Crippen LogP contribution in [0.25, 0.3) is 22.1 Å². The van der Waals surface area contributed by atoms with E-state index in [2.05, 4.69) is 46.9 Å². The zero-order valence-corrected chi connectivity index (χ0v) is 53.3. The number of ether oxygens (including phenoxy) is 4. The third-order valence-electron chi connectivity index (χ3n) is 13.6. The van der Waals surface area contributed by atoms with Gasteiger partial charge in [-0.3, -0.25) is 63.5 Å². The second-order valence-corrected chi connectivity index (χ2v) is 23.1. The molecule has 0 spiro atoms. The lowest BCUT2D eigenvalue weighted by Crippen LogP contribution is -2.58. The number of allylic oxidation sites excluding steroid dienone is 2. The van der Waals surface area contributed by atoms with Gasteiger partial charge in [-0.05, 0) is 91.5 Å². The molecular weight excluding hydrogens is 1210 g/mol. The summed E-state index contributed by atoms with van der Waals surface area (Å²) >= 11 is 0. The number of fused-ring (bicyclic) bond motifs is 2. The fourth-order valence-electron chi connectivity index (χ4n) is 9.45. The van der Waals surface area contributed by atoms with Crippen molar-refractivity contribution in [2.75, 3.05) is 44.0 Å². The summed E-state index contributed by atoms with van der Waals surface area (Å²) in [6, 6.07) is 2.60. The number of hydrogen-bond donors (Lipinski definition) is 8. The van der Waals surface area contributed by atoms with Crippen molar-refractivity contribution in [2.24, 2.45) is 11.5 Å². The number of carbonyl (C=O) groups excluding carboxylic acids is 11. The zero-order valence-electron chi connectivity index (χ0n) is 53.3. The van der Waals surface area contributed by atoms with E-state index in [1.165, 1.54) is 31.4 Å². The molecule has 0 saturated heterocycles. The standard InChI is InChI=1S/C61H75N15O17/c1-12-35-49(90-31(3)66-35)55(85)72-57-69-38-25-33(51(62)81)27-41(88-11)47(38)74(57)22-14-15-23-75-48-39(70-58(75)73-56(86)50-36(13-2)67-32(4)91-50)26-34(52(63)82)28-42(48)89-24-16-21-64-53(83)37(17-20-46(80)92-60(5,6)7)68-54(84)40(71-59(87)93-61(8,9)10)29-65-43(77)30-76-44(78)18-19-45(76)79/h14-15,18-19,25-28,37,40H,12-13,16-17,20-24,29-30H2,1-11H3,(H2,62,81)(H2,63,82)(H,64,83)(H,65,77)(H,68,84)(H,71,87)(H,69,72,85)(H,70,73,86)/b15-14+/t37-,40-/m1/s1. The molecule has 32 nitrogen and oxygen atoms in total. The fraction of sp³-hybridized carbons (Fsp3) is 0.426. The van der Waals surface area contributed by atoms with E-state index in [-0.39, 0.29) is 120 Å². The van der Waals surface area contributed by atoms with Gasteiger partial charge in [0.2, 0.25) is 53.0 Å². The topological polar surface area (TPSA) is 440 Å². The van der Waals surface area contributed by atoms with Crippen molar-refractivity contribution in [1.82, 2.24) is 55.2 Å². The molecule has 5 heterocycles. The number of nitrogens with zero attached hydrogens (tertiary/aromatic N) is 7. The molecule has 4 aromatic heterocycles. The molecule has 1 aliphatic heterocycles. The Morgan fingerprint density at radius 2 is 1.16 bits per heavy atom. The number of carbonyl (C=O) groups is 11. The average Bonchev–Trinajstić information content (AvgIpc) is 1.64. The van der Waals surface area contributed by atoms with E-state index >= 15 is 0 Å². The number of anilines is 2. The first-order chi connectivity index (χ1) is 43.9. The summed E-state index contributed by atoms with van der Waals surface area (Å²) in [6.45, 7) is 14.8. The average molecular weight is 1290 g/mol. The van der Waals surface area contributed by atoms with Gasteiger partial charge in [-0.2, -0.15) is 0 Å². The smallest absolute Gasteiger partial charge is 0.408 e. The first-order valence-electron chi connectivity index (χ1n) is 29.5. The van der Waals surface area contributed by atoms with Gasteiger partial charge in [-0.25, -0.2) is 24.7 Å².